The third-order valence-corrected chi connectivity index (χ3v) is 3.94. The van der Waals surface area contributed by atoms with Crippen molar-refractivity contribution in [2.45, 2.75) is 46.1 Å². The molecule has 0 saturated heterocycles. The first kappa shape index (κ1) is 16.7. The molecule has 1 unspecified atom stereocenters. The van der Waals surface area contributed by atoms with E-state index >= 15 is 0 Å². The SMILES string of the molecule is CCCC(CC)OC(=O)c1cc(C)c(Br)cc1C(=O)O. The second-order valence-corrected chi connectivity index (χ2v) is 5.53. The molecule has 1 N–H and O–H groups in total. The molecule has 1 aromatic rings. The topological polar surface area (TPSA) is 63.6 Å². The molecule has 0 heterocycles. The van der Waals surface area contributed by atoms with E-state index in [2.05, 4.69) is 15.9 Å². The highest BCUT2D eigenvalue weighted by atomic mass is 79.9. The second-order valence-electron chi connectivity index (χ2n) is 4.68. The summed E-state index contributed by atoms with van der Waals surface area (Å²) in [5.41, 5.74) is 0.858. The lowest BCUT2D eigenvalue weighted by atomic mass is 10.0. The Kier molecular flexibility index (Phi) is 6.20. The van der Waals surface area contributed by atoms with Gasteiger partial charge in [-0.25, -0.2) is 9.59 Å². The third-order valence-electron chi connectivity index (χ3n) is 3.09. The predicted octanol–water partition coefficient (Wildman–Crippen LogP) is 4.19. The van der Waals surface area contributed by atoms with E-state index in [-0.39, 0.29) is 17.2 Å². The smallest absolute Gasteiger partial charge is 0.339 e. The van der Waals surface area contributed by atoms with Crippen LogP contribution in [0.5, 0.6) is 0 Å². The van der Waals surface area contributed by atoms with E-state index in [1.165, 1.54) is 6.07 Å². The lowest BCUT2D eigenvalue weighted by Crippen LogP contribution is -2.19. The molecule has 1 rings (SSSR count). The van der Waals surface area contributed by atoms with Crippen molar-refractivity contribution in [1.82, 2.24) is 0 Å². The van der Waals surface area contributed by atoms with Crippen molar-refractivity contribution in [2.75, 3.05) is 0 Å². The Morgan fingerprint density at radius 2 is 1.95 bits per heavy atom. The number of aromatic carboxylic acids is 1. The third kappa shape index (κ3) is 4.07. The molecule has 0 amide bonds. The van der Waals surface area contributed by atoms with Gasteiger partial charge in [0.1, 0.15) is 6.10 Å². The van der Waals surface area contributed by atoms with E-state index in [1.807, 2.05) is 13.8 Å². The highest BCUT2D eigenvalue weighted by Gasteiger charge is 2.21. The number of ether oxygens (including phenoxy) is 1. The lowest BCUT2D eigenvalue weighted by molar-refractivity contribution is 0.0266. The molecule has 0 radical (unpaired) electrons. The first-order valence-corrected chi connectivity index (χ1v) is 7.44. The molecule has 0 aliphatic carbocycles. The summed E-state index contributed by atoms with van der Waals surface area (Å²) in [6.07, 6.45) is 2.24. The van der Waals surface area contributed by atoms with Crippen LogP contribution >= 0.6 is 15.9 Å². The zero-order valence-corrected chi connectivity index (χ0v) is 13.5. The zero-order valence-electron chi connectivity index (χ0n) is 11.9. The van der Waals surface area contributed by atoms with E-state index in [9.17, 15) is 14.7 Å². The van der Waals surface area contributed by atoms with Crippen molar-refractivity contribution in [1.29, 1.82) is 0 Å². The monoisotopic (exact) mass is 342 g/mol. The van der Waals surface area contributed by atoms with Crippen molar-refractivity contribution in [2.24, 2.45) is 0 Å². The van der Waals surface area contributed by atoms with Crippen molar-refractivity contribution in [3.05, 3.63) is 33.3 Å². The van der Waals surface area contributed by atoms with Gasteiger partial charge >= 0.3 is 11.9 Å². The van der Waals surface area contributed by atoms with Gasteiger partial charge < -0.3 is 9.84 Å². The maximum atomic E-state index is 12.2. The van der Waals surface area contributed by atoms with Gasteiger partial charge in [0.25, 0.3) is 0 Å². The Morgan fingerprint density at radius 1 is 1.30 bits per heavy atom. The fraction of sp³-hybridized carbons (Fsp3) is 0.467. The Balaban J connectivity index is 3.08. The van der Waals surface area contributed by atoms with Gasteiger partial charge in [0.15, 0.2) is 0 Å². The normalized spacial score (nSPS) is 12.0. The number of benzene rings is 1. The quantitative estimate of drug-likeness (QED) is 0.787. The molecule has 5 heteroatoms. The van der Waals surface area contributed by atoms with Gasteiger partial charge in [0, 0.05) is 4.47 Å². The summed E-state index contributed by atoms with van der Waals surface area (Å²) >= 11 is 3.27. The van der Waals surface area contributed by atoms with Gasteiger partial charge in [-0.3, -0.25) is 0 Å². The maximum absolute atomic E-state index is 12.2. The second kappa shape index (κ2) is 7.43. The van der Waals surface area contributed by atoms with Gasteiger partial charge in [-0.15, -0.1) is 0 Å². The van der Waals surface area contributed by atoms with Crippen molar-refractivity contribution in [3.63, 3.8) is 0 Å². The van der Waals surface area contributed by atoms with Crippen LogP contribution in [0.25, 0.3) is 0 Å². The van der Waals surface area contributed by atoms with Gasteiger partial charge in [-0.05, 0) is 37.5 Å². The van der Waals surface area contributed by atoms with Crippen LogP contribution in [0.4, 0.5) is 0 Å². The van der Waals surface area contributed by atoms with Gasteiger partial charge in [-0.1, -0.05) is 36.2 Å². The van der Waals surface area contributed by atoms with Crippen molar-refractivity contribution in [3.8, 4) is 0 Å². The average Bonchev–Trinajstić information content (AvgIpc) is 2.40. The molecule has 20 heavy (non-hydrogen) atoms. The van der Waals surface area contributed by atoms with Crippen LogP contribution in [0.15, 0.2) is 16.6 Å². The number of esters is 1. The predicted molar refractivity (Wildman–Crippen MR) is 80.2 cm³/mol. The molecule has 0 saturated carbocycles. The largest absolute Gasteiger partial charge is 0.478 e. The van der Waals surface area contributed by atoms with Gasteiger partial charge in [0.05, 0.1) is 11.1 Å². The van der Waals surface area contributed by atoms with Gasteiger partial charge in [-0.2, -0.15) is 0 Å². The minimum absolute atomic E-state index is 0.0428. The van der Waals surface area contributed by atoms with Crippen molar-refractivity contribution < 1.29 is 19.4 Å². The summed E-state index contributed by atoms with van der Waals surface area (Å²) in [5.74, 6) is -1.71. The number of carbonyl (C=O) groups excluding carboxylic acids is 1. The van der Waals surface area contributed by atoms with Crippen LogP contribution in [0.3, 0.4) is 0 Å². The van der Waals surface area contributed by atoms with E-state index < -0.39 is 11.9 Å². The Bertz CT molecular complexity index is 511. The van der Waals surface area contributed by atoms with Crippen molar-refractivity contribution >= 4 is 27.9 Å². The maximum Gasteiger partial charge on any atom is 0.339 e. The first-order valence-electron chi connectivity index (χ1n) is 6.65. The summed E-state index contributed by atoms with van der Waals surface area (Å²) in [7, 11) is 0. The van der Waals surface area contributed by atoms with Crippen LogP contribution in [0.2, 0.25) is 0 Å². The Hall–Kier alpha value is -1.36. The van der Waals surface area contributed by atoms with E-state index in [1.54, 1.807) is 13.0 Å². The van der Waals surface area contributed by atoms with Crippen LogP contribution < -0.4 is 0 Å². The molecule has 4 nitrogen and oxygen atoms in total. The molecule has 0 bridgehead atoms. The van der Waals surface area contributed by atoms with E-state index in [0.29, 0.717) is 4.47 Å². The standard InChI is InChI=1S/C15H19BrO4/c1-4-6-10(5-2)20-15(19)12-7-9(3)13(16)8-11(12)14(17)18/h7-8,10H,4-6H2,1-3H3,(H,17,18). The summed E-state index contributed by atoms with van der Waals surface area (Å²) in [6.45, 7) is 5.76. The average molecular weight is 343 g/mol. The first-order chi connectivity index (χ1) is 9.40. The van der Waals surface area contributed by atoms with Crippen LogP contribution in [0.1, 0.15) is 59.4 Å². The van der Waals surface area contributed by atoms with Crippen LogP contribution in [0, 0.1) is 6.92 Å². The summed E-state index contributed by atoms with van der Waals surface area (Å²) in [6, 6.07) is 2.99. The molecular formula is C15H19BrO4. The molecular weight excluding hydrogens is 324 g/mol. The minimum Gasteiger partial charge on any atom is -0.478 e. The number of halogens is 1. The van der Waals surface area contributed by atoms with Crippen LogP contribution in [-0.2, 0) is 4.74 Å². The molecule has 1 aromatic carbocycles. The number of hydrogen-bond donors (Lipinski definition) is 1. The summed E-state index contributed by atoms with van der Waals surface area (Å²) in [4.78, 5) is 23.4. The molecule has 0 aliphatic rings. The zero-order chi connectivity index (χ0) is 15.3. The lowest BCUT2D eigenvalue weighted by Gasteiger charge is -2.16. The molecule has 0 fully saturated rings. The summed E-state index contributed by atoms with van der Waals surface area (Å²) < 4.78 is 6.05. The number of carbonyl (C=O) groups is 2. The minimum atomic E-state index is -1.14. The van der Waals surface area contributed by atoms with Gasteiger partial charge in [0.2, 0.25) is 0 Å². The molecule has 1 atom stereocenters. The van der Waals surface area contributed by atoms with E-state index in [4.69, 9.17) is 4.74 Å². The fourth-order valence-electron chi connectivity index (χ4n) is 1.91. The van der Waals surface area contributed by atoms with Crippen LogP contribution in [-0.4, -0.2) is 23.1 Å². The number of hydrogen-bond acceptors (Lipinski definition) is 3. The van der Waals surface area contributed by atoms with E-state index in [0.717, 1.165) is 24.8 Å². The molecule has 0 aliphatic heterocycles. The molecule has 0 aromatic heterocycles. The Labute approximate surface area is 127 Å². The molecule has 0 spiro atoms. The fourth-order valence-corrected chi connectivity index (χ4v) is 2.25. The number of aryl methyl sites for hydroxylation is 1. The number of rotatable bonds is 6. The number of carboxylic acids is 1. The number of carboxylic acid groups (broad SMARTS) is 1. The summed E-state index contributed by atoms with van der Waals surface area (Å²) in [5, 5.41) is 9.20. The highest BCUT2D eigenvalue weighted by Crippen LogP contribution is 2.23. The molecule has 110 valence electrons. The highest BCUT2D eigenvalue weighted by molar-refractivity contribution is 9.10. The Morgan fingerprint density at radius 3 is 2.45 bits per heavy atom.